The second-order valence-corrected chi connectivity index (χ2v) is 5.29. The molecule has 0 aromatic heterocycles. The van der Waals surface area contributed by atoms with E-state index < -0.39 is 0 Å². The second kappa shape index (κ2) is 7.68. The Morgan fingerprint density at radius 2 is 1.76 bits per heavy atom. The lowest BCUT2D eigenvalue weighted by molar-refractivity contribution is 0.233. The van der Waals surface area contributed by atoms with E-state index in [0.717, 1.165) is 18.8 Å². The highest BCUT2D eigenvalue weighted by Gasteiger charge is 2.01. The first-order valence-electron chi connectivity index (χ1n) is 6.73. The van der Waals surface area contributed by atoms with Crippen molar-refractivity contribution in [3.05, 3.63) is 64.7 Å². The molecule has 0 saturated heterocycles. The standard InChI is InChI=1S/C17H17ClN2O/c1-20(13-15-4-2-14(12-19)3-5-15)10-11-21-17-8-6-16(18)7-9-17/h2-9H,10-11,13H2,1H3. The fraction of sp³-hybridized carbons (Fsp3) is 0.235. The van der Waals surface area contributed by atoms with Crippen molar-refractivity contribution in [1.29, 1.82) is 5.26 Å². The van der Waals surface area contributed by atoms with E-state index in [1.54, 1.807) is 0 Å². The summed E-state index contributed by atoms with van der Waals surface area (Å²) in [5, 5.41) is 9.48. The monoisotopic (exact) mass is 300 g/mol. The molecule has 0 heterocycles. The molecule has 4 heteroatoms. The number of benzene rings is 2. The average molecular weight is 301 g/mol. The first-order chi connectivity index (χ1) is 10.2. The molecule has 2 aromatic carbocycles. The van der Waals surface area contributed by atoms with Crippen LogP contribution in [0.15, 0.2) is 48.5 Å². The van der Waals surface area contributed by atoms with Crippen molar-refractivity contribution >= 4 is 11.6 Å². The van der Waals surface area contributed by atoms with E-state index in [1.807, 2.05) is 55.6 Å². The zero-order valence-electron chi connectivity index (χ0n) is 11.9. The fourth-order valence-corrected chi connectivity index (χ4v) is 2.05. The summed E-state index contributed by atoms with van der Waals surface area (Å²) >= 11 is 5.82. The third-order valence-corrected chi connectivity index (χ3v) is 3.34. The maximum absolute atomic E-state index is 8.77. The van der Waals surface area contributed by atoms with Crippen LogP contribution < -0.4 is 4.74 Å². The molecule has 0 unspecified atom stereocenters. The highest BCUT2D eigenvalue weighted by molar-refractivity contribution is 6.30. The molecule has 0 aliphatic rings. The summed E-state index contributed by atoms with van der Waals surface area (Å²) in [6.07, 6.45) is 0. The van der Waals surface area contributed by atoms with Gasteiger partial charge in [0.2, 0.25) is 0 Å². The molecule has 0 radical (unpaired) electrons. The first kappa shape index (κ1) is 15.4. The van der Waals surface area contributed by atoms with Crippen LogP contribution in [0.1, 0.15) is 11.1 Å². The topological polar surface area (TPSA) is 36.3 Å². The zero-order valence-corrected chi connectivity index (χ0v) is 12.7. The molecule has 2 rings (SSSR count). The molecule has 0 fully saturated rings. The van der Waals surface area contributed by atoms with Crippen molar-refractivity contribution in [2.45, 2.75) is 6.54 Å². The Hall–Kier alpha value is -2.02. The predicted molar refractivity (Wildman–Crippen MR) is 84.4 cm³/mol. The number of nitrogens with zero attached hydrogens (tertiary/aromatic N) is 2. The van der Waals surface area contributed by atoms with Crippen LogP contribution in [0.4, 0.5) is 0 Å². The van der Waals surface area contributed by atoms with Gasteiger partial charge in [-0.15, -0.1) is 0 Å². The summed E-state index contributed by atoms with van der Waals surface area (Å²) in [6.45, 7) is 2.27. The Kier molecular flexibility index (Phi) is 5.62. The molecular formula is C17H17ClN2O. The summed E-state index contributed by atoms with van der Waals surface area (Å²) in [5.74, 6) is 0.825. The van der Waals surface area contributed by atoms with Gasteiger partial charge in [-0.3, -0.25) is 4.90 Å². The number of nitriles is 1. The molecule has 0 atom stereocenters. The van der Waals surface area contributed by atoms with Gasteiger partial charge in [0.1, 0.15) is 12.4 Å². The van der Waals surface area contributed by atoms with Crippen LogP contribution in [0, 0.1) is 11.3 Å². The Labute approximate surface area is 130 Å². The van der Waals surface area contributed by atoms with Gasteiger partial charge >= 0.3 is 0 Å². The molecular weight excluding hydrogens is 284 g/mol. The normalized spacial score (nSPS) is 10.4. The van der Waals surface area contributed by atoms with Gasteiger partial charge in [0, 0.05) is 18.1 Å². The van der Waals surface area contributed by atoms with Crippen molar-refractivity contribution in [3.63, 3.8) is 0 Å². The van der Waals surface area contributed by atoms with Gasteiger partial charge in [0.05, 0.1) is 11.6 Å². The largest absolute Gasteiger partial charge is 0.492 e. The fourth-order valence-electron chi connectivity index (χ4n) is 1.93. The Balaban J connectivity index is 1.75. The minimum absolute atomic E-state index is 0.619. The van der Waals surface area contributed by atoms with Crippen molar-refractivity contribution in [2.75, 3.05) is 20.2 Å². The third kappa shape index (κ3) is 5.11. The Bertz CT molecular complexity index is 602. The molecule has 0 amide bonds. The van der Waals surface area contributed by atoms with Crippen molar-refractivity contribution in [3.8, 4) is 11.8 Å². The van der Waals surface area contributed by atoms with Crippen molar-refractivity contribution in [1.82, 2.24) is 4.90 Å². The lowest BCUT2D eigenvalue weighted by Crippen LogP contribution is -2.23. The van der Waals surface area contributed by atoms with Crippen LogP contribution in [-0.2, 0) is 6.54 Å². The van der Waals surface area contributed by atoms with Gasteiger partial charge in [-0.25, -0.2) is 0 Å². The van der Waals surface area contributed by atoms with Crippen LogP contribution >= 0.6 is 11.6 Å². The third-order valence-electron chi connectivity index (χ3n) is 3.09. The Morgan fingerprint density at radius 1 is 1.10 bits per heavy atom. The number of hydrogen-bond donors (Lipinski definition) is 0. The predicted octanol–water partition coefficient (Wildman–Crippen LogP) is 3.72. The number of rotatable bonds is 6. The van der Waals surface area contributed by atoms with Crippen molar-refractivity contribution in [2.24, 2.45) is 0 Å². The number of ether oxygens (including phenoxy) is 1. The summed E-state index contributed by atoms with van der Waals surface area (Å²) in [4.78, 5) is 2.18. The lowest BCUT2D eigenvalue weighted by atomic mass is 10.1. The lowest BCUT2D eigenvalue weighted by Gasteiger charge is -2.17. The summed E-state index contributed by atoms with van der Waals surface area (Å²) < 4.78 is 5.66. The van der Waals surface area contributed by atoms with Crippen molar-refractivity contribution < 1.29 is 4.74 Å². The first-order valence-corrected chi connectivity index (χ1v) is 7.11. The quantitative estimate of drug-likeness (QED) is 0.815. The molecule has 0 bridgehead atoms. The summed E-state index contributed by atoms with van der Waals surface area (Å²) in [7, 11) is 2.05. The van der Waals surface area contributed by atoms with E-state index in [2.05, 4.69) is 11.0 Å². The van der Waals surface area contributed by atoms with E-state index in [9.17, 15) is 0 Å². The van der Waals surface area contributed by atoms with Gasteiger partial charge in [0.15, 0.2) is 0 Å². The number of halogens is 1. The second-order valence-electron chi connectivity index (χ2n) is 4.85. The molecule has 0 spiro atoms. The van der Waals surface area contributed by atoms with Crippen LogP contribution in [0.25, 0.3) is 0 Å². The van der Waals surface area contributed by atoms with Gasteiger partial charge in [0.25, 0.3) is 0 Å². The molecule has 2 aromatic rings. The van der Waals surface area contributed by atoms with E-state index in [0.29, 0.717) is 17.2 Å². The molecule has 0 saturated carbocycles. The van der Waals surface area contributed by atoms with Crippen LogP contribution in [0.2, 0.25) is 5.02 Å². The minimum Gasteiger partial charge on any atom is -0.492 e. The van der Waals surface area contributed by atoms with E-state index in [-0.39, 0.29) is 0 Å². The van der Waals surface area contributed by atoms with Gasteiger partial charge in [-0.05, 0) is 49.0 Å². The molecule has 0 aliphatic heterocycles. The number of hydrogen-bond acceptors (Lipinski definition) is 3. The minimum atomic E-state index is 0.619. The van der Waals surface area contributed by atoms with Crippen LogP contribution in [0.3, 0.4) is 0 Å². The maximum Gasteiger partial charge on any atom is 0.119 e. The highest BCUT2D eigenvalue weighted by Crippen LogP contribution is 2.15. The molecule has 108 valence electrons. The van der Waals surface area contributed by atoms with Crippen LogP contribution in [0.5, 0.6) is 5.75 Å². The molecule has 21 heavy (non-hydrogen) atoms. The molecule has 3 nitrogen and oxygen atoms in total. The molecule has 0 aliphatic carbocycles. The maximum atomic E-state index is 8.77. The smallest absolute Gasteiger partial charge is 0.119 e. The van der Waals surface area contributed by atoms with Gasteiger partial charge in [-0.2, -0.15) is 5.26 Å². The van der Waals surface area contributed by atoms with Gasteiger partial charge in [-0.1, -0.05) is 23.7 Å². The average Bonchev–Trinajstić information content (AvgIpc) is 2.50. The number of likely N-dealkylation sites (N-methyl/N-ethyl adjacent to an activating group) is 1. The Morgan fingerprint density at radius 3 is 2.38 bits per heavy atom. The summed E-state index contributed by atoms with van der Waals surface area (Å²) in [5.41, 5.74) is 1.87. The molecule has 0 N–H and O–H groups in total. The summed E-state index contributed by atoms with van der Waals surface area (Å²) in [6, 6.07) is 17.1. The SMILES string of the molecule is CN(CCOc1ccc(Cl)cc1)Cc1ccc(C#N)cc1. The van der Waals surface area contributed by atoms with Gasteiger partial charge < -0.3 is 4.74 Å². The van der Waals surface area contributed by atoms with Crippen LogP contribution in [-0.4, -0.2) is 25.1 Å². The highest BCUT2D eigenvalue weighted by atomic mass is 35.5. The van der Waals surface area contributed by atoms with E-state index in [4.69, 9.17) is 21.6 Å². The van der Waals surface area contributed by atoms with E-state index >= 15 is 0 Å². The zero-order chi connectivity index (χ0) is 15.1. The van der Waals surface area contributed by atoms with E-state index in [1.165, 1.54) is 5.56 Å².